The molecule has 0 saturated heterocycles. The molecule has 0 aliphatic rings. The third-order valence-electron chi connectivity index (χ3n) is 3.53. The molecule has 0 aliphatic heterocycles. The molecule has 0 amide bonds. The van der Waals surface area contributed by atoms with E-state index in [4.69, 9.17) is 0 Å². The van der Waals surface area contributed by atoms with Gasteiger partial charge >= 0.3 is 0 Å². The molecule has 0 saturated carbocycles. The summed E-state index contributed by atoms with van der Waals surface area (Å²) >= 11 is 0. The van der Waals surface area contributed by atoms with Crippen molar-refractivity contribution < 1.29 is 12.8 Å². The Morgan fingerprint density at radius 3 is 2.61 bits per heavy atom. The predicted octanol–water partition coefficient (Wildman–Crippen LogP) is 2.87. The fourth-order valence-corrected chi connectivity index (χ4v) is 3.69. The van der Waals surface area contributed by atoms with E-state index in [0.29, 0.717) is 11.3 Å². The molecule has 0 spiro atoms. The second-order valence-electron chi connectivity index (χ2n) is 5.19. The van der Waals surface area contributed by atoms with Crippen LogP contribution < -0.4 is 0 Å². The van der Waals surface area contributed by atoms with Crippen molar-refractivity contribution >= 4 is 10.0 Å². The lowest BCUT2D eigenvalue weighted by Crippen LogP contribution is -2.13. The summed E-state index contributed by atoms with van der Waals surface area (Å²) < 4.78 is 40.7. The number of aromatic nitrogens is 3. The molecule has 5 nitrogen and oxygen atoms in total. The maximum absolute atomic E-state index is 12.8. The summed E-state index contributed by atoms with van der Waals surface area (Å²) in [5.74, 6) is 0. The van der Waals surface area contributed by atoms with E-state index in [-0.39, 0.29) is 11.4 Å². The second-order valence-corrected chi connectivity index (χ2v) is 7.00. The van der Waals surface area contributed by atoms with Gasteiger partial charge in [-0.3, -0.25) is 4.68 Å². The largest absolute Gasteiger partial charge is 0.269 e. The average molecular weight is 333 g/mol. The fraction of sp³-hybridized carbons (Fsp3) is 0.188. The number of hydrogen-bond donors (Lipinski definition) is 0. The van der Waals surface area contributed by atoms with Gasteiger partial charge in [0.15, 0.2) is 0 Å². The van der Waals surface area contributed by atoms with Gasteiger partial charge in [0.1, 0.15) is 6.67 Å². The second kappa shape index (κ2) is 6.00. The van der Waals surface area contributed by atoms with Crippen LogP contribution in [0.4, 0.5) is 4.39 Å². The molecule has 0 atom stereocenters. The van der Waals surface area contributed by atoms with E-state index >= 15 is 0 Å². The summed E-state index contributed by atoms with van der Waals surface area (Å²) in [6.07, 6.45) is 4.67. The van der Waals surface area contributed by atoms with E-state index in [9.17, 15) is 12.8 Å². The van der Waals surface area contributed by atoms with Crippen LogP contribution >= 0.6 is 0 Å². The van der Waals surface area contributed by atoms with Crippen molar-refractivity contribution in [3.8, 4) is 11.3 Å². The standard InChI is InChI=1S/C16H16FN3O2S/c1-13-4-6-15(7-5-13)23(21,22)20-9-2-3-16(20)14-11-18-19(12-14)10-8-17/h2-7,9,11-12H,8,10H2,1H3. The lowest BCUT2D eigenvalue weighted by Gasteiger charge is -2.09. The molecule has 120 valence electrons. The maximum atomic E-state index is 12.8. The molecule has 2 aromatic heterocycles. The number of aryl methyl sites for hydroxylation is 2. The van der Waals surface area contributed by atoms with Gasteiger partial charge < -0.3 is 0 Å². The van der Waals surface area contributed by atoms with Gasteiger partial charge in [-0.2, -0.15) is 5.10 Å². The van der Waals surface area contributed by atoms with Crippen molar-refractivity contribution in [2.75, 3.05) is 6.67 Å². The Kier molecular flexibility index (Phi) is 4.04. The third kappa shape index (κ3) is 2.92. The summed E-state index contributed by atoms with van der Waals surface area (Å²) in [5, 5.41) is 4.04. The Bertz CT molecular complexity index is 911. The van der Waals surface area contributed by atoms with Gasteiger partial charge in [0.05, 0.1) is 23.3 Å². The number of benzene rings is 1. The highest BCUT2D eigenvalue weighted by Crippen LogP contribution is 2.24. The Labute approximate surface area is 134 Å². The minimum Gasteiger partial charge on any atom is -0.269 e. The summed E-state index contributed by atoms with van der Waals surface area (Å²) in [5.41, 5.74) is 2.11. The van der Waals surface area contributed by atoms with E-state index in [2.05, 4.69) is 5.10 Å². The van der Waals surface area contributed by atoms with Crippen LogP contribution in [0.25, 0.3) is 11.3 Å². The summed E-state index contributed by atoms with van der Waals surface area (Å²) in [4.78, 5) is 0.219. The van der Waals surface area contributed by atoms with Crippen molar-refractivity contribution in [3.05, 3.63) is 60.6 Å². The molecule has 2 heterocycles. The highest BCUT2D eigenvalue weighted by Gasteiger charge is 2.20. The van der Waals surface area contributed by atoms with Crippen molar-refractivity contribution in [3.63, 3.8) is 0 Å². The smallest absolute Gasteiger partial charge is 0.268 e. The van der Waals surface area contributed by atoms with Crippen LogP contribution in [0.5, 0.6) is 0 Å². The molecular formula is C16H16FN3O2S. The number of alkyl halides is 1. The van der Waals surface area contributed by atoms with Crippen LogP contribution in [0.3, 0.4) is 0 Å². The number of hydrogen-bond acceptors (Lipinski definition) is 3. The monoisotopic (exact) mass is 333 g/mol. The van der Waals surface area contributed by atoms with Gasteiger partial charge in [0.25, 0.3) is 10.0 Å². The molecular weight excluding hydrogens is 317 g/mol. The Morgan fingerprint density at radius 1 is 1.17 bits per heavy atom. The molecule has 3 rings (SSSR count). The summed E-state index contributed by atoms with van der Waals surface area (Å²) in [6, 6.07) is 10.0. The molecule has 0 radical (unpaired) electrons. The molecule has 0 aliphatic carbocycles. The van der Waals surface area contributed by atoms with Crippen LogP contribution in [-0.2, 0) is 16.6 Å². The van der Waals surface area contributed by atoms with Crippen LogP contribution in [0.15, 0.2) is 59.9 Å². The summed E-state index contributed by atoms with van der Waals surface area (Å²) in [7, 11) is -3.69. The Balaban J connectivity index is 2.04. The lowest BCUT2D eigenvalue weighted by molar-refractivity contribution is 0.427. The Hall–Kier alpha value is -2.41. The van der Waals surface area contributed by atoms with Crippen LogP contribution in [-0.4, -0.2) is 28.8 Å². The van der Waals surface area contributed by atoms with Gasteiger partial charge in [-0.05, 0) is 31.2 Å². The SMILES string of the molecule is Cc1ccc(S(=O)(=O)n2cccc2-c2cnn(CCF)c2)cc1. The van der Waals surface area contributed by atoms with Gasteiger partial charge in [-0.1, -0.05) is 17.7 Å². The highest BCUT2D eigenvalue weighted by atomic mass is 32.2. The van der Waals surface area contributed by atoms with Crippen LogP contribution in [0, 0.1) is 6.92 Å². The first-order chi connectivity index (χ1) is 11.0. The van der Waals surface area contributed by atoms with E-state index in [1.807, 2.05) is 6.92 Å². The molecule has 0 unspecified atom stereocenters. The molecule has 0 fully saturated rings. The molecule has 1 aromatic carbocycles. The molecule has 0 bridgehead atoms. The van der Waals surface area contributed by atoms with Crippen molar-refractivity contribution in [2.45, 2.75) is 18.4 Å². The minimum absolute atomic E-state index is 0.144. The number of rotatable bonds is 5. The van der Waals surface area contributed by atoms with Crippen LogP contribution in [0.2, 0.25) is 0 Å². The highest BCUT2D eigenvalue weighted by molar-refractivity contribution is 7.90. The molecule has 0 N–H and O–H groups in total. The fourth-order valence-electron chi connectivity index (χ4n) is 2.33. The quantitative estimate of drug-likeness (QED) is 0.721. The van der Waals surface area contributed by atoms with Gasteiger partial charge in [-0.25, -0.2) is 16.8 Å². The van der Waals surface area contributed by atoms with Gasteiger partial charge in [-0.15, -0.1) is 0 Å². The maximum Gasteiger partial charge on any atom is 0.268 e. The first-order valence-electron chi connectivity index (χ1n) is 7.11. The molecule has 3 aromatic rings. The van der Waals surface area contributed by atoms with Crippen molar-refractivity contribution in [2.24, 2.45) is 0 Å². The zero-order valence-electron chi connectivity index (χ0n) is 12.6. The zero-order chi connectivity index (χ0) is 16.4. The molecule has 7 heteroatoms. The van der Waals surface area contributed by atoms with E-state index in [1.165, 1.54) is 21.0 Å². The van der Waals surface area contributed by atoms with Gasteiger partial charge in [0, 0.05) is 18.0 Å². The van der Waals surface area contributed by atoms with E-state index in [1.54, 1.807) is 42.6 Å². The number of halogens is 1. The summed E-state index contributed by atoms with van der Waals surface area (Å²) in [6.45, 7) is 1.52. The topological polar surface area (TPSA) is 56.9 Å². The normalized spacial score (nSPS) is 11.7. The van der Waals surface area contributed by atoms with Gasteiger partial charge in [0.2, 0.25) is 0 Å². The first kappa shape index (κ1) is 15.5. The van der Waals surface area contributed by atoms with Crippen molar-refractivity contribution in [1.29, 1.82) is 0 Å². The molecule has 23 heavy (non-hydrogen) atoms. The minimum atomic E-state index is -3.69. The average Bonchev–Trinajstić information content (AvgIpc) is 3.16. The van der Waals surface area contributed by atoms with E-state index in [0.717, 1.165) is 5.56 Å². The predicted molar refractivity (Wildman–Crippen MR) is 85.4 cm³/mol. The third-order valence-corrected chi connectivity index (χ3v) is 5.24. The number of nitrogens with zero attached hydrogens (tertiary/aromatic N) is 3. The Morgan fingerprint density at radius 2 is 1.91 bits per heavy atom. The van der Waals surface area contributed by atoms with Crippen LogP contribution in [0.1, 0.15) is 5.56 Å². The zero-order valence-corrected chi connectivity index (χ0v) is 13.4. The first-order valence-corrected chi connectivity index (χ1v) is 8.55. The van der Waals surface area contributed by atoms with E-state index < -0.39 is 16.7 Å². The van der Waals surface area contributed by atoms with Crippen molar-refractivity contribution in [1.82, 2.24) is 13.8 Å². The lowest BCUT2D eigenvalue weighted by atomic mass is 10.2.